The summed E-state index contributed by atoms with van der Waals surface area (Å²) in [7, 11) is 0. The number of carbonyl (C=O) groups is 1. The summed E-state index contributed by atoms with van der Waals surface area (Å²) in [5.41, 5.74) is 5.38. The van der Waals surface area contributed by atoms with Crippen LogP contribution in [0, 0.1) is 11.3 Å². The number of nitriles is 1. The van der Waals surface area contributed by atoms with Gasteiger partial charge in [0, 0.05) is 0 Å². The molecule has 3 N–H and O–H groups in total. The van der Waals surface area contributed by atoms with Crippen LogP contribution in [-0.4, -0.2) is 17.6 Å². The van der Waals surface area contributed by atoms with Crippen LogP contribution in [0.4, 0.5) is 0 Å². The first-order valence-electron chi connectivity index (χ1n) is 5.09. The van der Waals surface area contributed by atoms with E-state index in [9.17, 15) is 4.79 Å². The highest BCUT2D eigenvalue weighted by molar-refractivity contribution is 5.90. The highest BCUT2D eigenvalue weighted by atomic mass is 16.4. The van der Waals surface area contributed by atoms with Crippen LogP contribution >= 0.6 is 0 Å². The number of nitrogens with two attached hydrogens (primary N) is 1. The summed E-state index contributed by atoms with van der Waals surface area (Å²) >= 11 is 0. The van der Waals surface area contributed by atoms with Crippen molar-refractivity contribution in [3.63, 3.8) is 0 Å². The molecule has 0 saturated heterocycles. The first kappa shape index (κ1) is 14.1. The topological polar surface area (TPSA) is 87.1 Å². The molecule has 4 nitrogen and oxygen atoms in total. The smallest absolute Gasteiger partial charge is 0.337 e. The summed E-state index contributed by atoms with van der Waals surface area (Å²) in [4.78, 5) is 10.4. The molecule has 86 valence electrons. The quantitative estimate of drug-likeness (QED) is 0.815. The van der Waals surface area contributed by atoms with Gasteiger partial charge in [-0.25, -0.2) is 4.79 Å². The maximum absolute atomic E-state index is 10.4. The van der Waals surface area contributed by atoms with Crippen molar-refractivity contribution >= 4 is 5.97 Å². The third kappa shape index (κ3) is 5.13. The summed E-state index contributed by atoms with van der Waals surface area (Å²) < 4.78 is 0. The molecule has 0 saturated carbocycles. The van der Waals surface area contributed by atoms with Crippen LogP contribution in [0.3, 0.4) is 0 Å². The molecule has 1 rings (SSSR count). The van der Waals surface area contributed by atoms with Crippen molar-refractivity contribution in [3.05, 3.63) is 35.4 Å². The van der Waals surface area contributed by atoms with E-state index in [1.807, 2.05) is 0 Å². The van der Waals surface area contributed by atoms with Crippen molar-refractivity contribution in [1.29, 1.82) is 5.26 Å². The zero-order valence-corrected chi connectivity index (χ0v) is 9.31. The fourth-order valence-corrected chi connectivity index (χ4v) is 0.971. The van der Waals surface area contributed by atoms with E-state index in [1.54, 1.807) is 18.2 Å². The minimum absolute atomic E-state index is 0.0509. The standard InChI is InChI=1S/C8H5NO2.C4H11N/c9-5-6-3-1-2-4-7(6)8(10)11;1-2-3-4-5/h1-4H,(H,10,11);2-5H2,1H3. The Morgan fingerprint density at radius 1 is 1.50 bits per heavy atom. The van der Waals surface area contributed by atoms with E-state index in [4.69, 9.17) is 16.1 Å². The van der Waals surface area contributed by atoms with Crippen molar-refractivity contribution < 1.29 is 9.90 Å². The molecular formula is C12H16N2O2. The van der Waals surface area contributed by atoms with Crippen molar-refractivity contribution in [3.8, 4) is 6.07 Å². The van der Waals surface area contributed by atoms with Crippen molar-refractivity contribution in [2.45, 2.75) is 19.8 Å². The monoisotopic (exact) mass is 220 g/mol. The molecule has 1 aromatic rings. The molecule has 0 aliphatic rings. The average molecular weight is 220 g/mol. The van der Waals surface area contributed by atoms with Crippen LogP contribution in [0.1, 0.15) is 35.7 Å². The van der Waals surface area contributed by atoms with Gasteiger partial charge in [-0.2, -0.15) is 5.26 Å². The number of hydrogen-bond donors (Lipinski definition) is 2. The van der Waals surface area contributed by atoms with Gasteiger partial charge in [0.1, 0.15) is 6.07 Å². The van der Waals surface area contributed by atoms with Gasteiger partial charge in [0.15, 0.2) is 0 Å². The summed E-state index contributed by atoms with van der Waals surface area (Å²) in [6, 6.07) is 7.89. The van der Waals surface area contributed by atoms with Gasteiger partial charge >= 0.3 is 5.97 Å². The molecule has 4 heteroatoms. The second-order valence-corrected chi connectivity index (χ2v) is 3.10. The lowest BCUT2D eigenvalue weighted by atomic mass is 10.1. The number of rotatable bonds is 3. The van der Waals surface area contributed by atoms with Gasteiger partial charge in [-0.3, -0.25) is 0 Å². The molecule has 0 aromatic heterocycles. The Bertz CT molecular complexity index is 368. The van der Waals surface area contributed by atoms with Gasteiger partial charge in [0.2, 0.25) is 0 Å². The third-order valence-corrected chi connectivity index (χ3v) is 1.84. The van der Waals surface area contributed by atoms with E-state index >= 15 is 0 Å². The minimum Gasteiger partial charge on any atom is -0.478 e. The minimum atomic E-state index is -1.07. The highest BCUT2D eigenvalue weighted by Crippen LogP contribution is 2.05. The first-order chi connectivity index (χ1) is 7.67. The van der Waals surface area contributed by atoms with Crippen LogP contribution in [0.2, 0.25) is 0 Å². The van der Waals surface area contributed by atoms with Gasteiger partial charge in [-0.05, 0) is 25.1 Å². The zero-order chi connectivity index (χ0) is 12.4. The molecule has 16 heavy (non-hydrogen) atoms. The molecule has 1 aromatic carbocycles. The van der Waals surface area contributed by atoms with Gasteiger partial charge in [-0.15, -0.1) is 0 Å². The summed E-state index contributed by atoms with van der Waals surface area (Å²) in [5.74, 6) is -1.07. The molecule has 0 heterocycles. The Morgan fingerprint density at radius 2 is 2.12 bits per heavy atom. The van der Waals surface area contributed by atoms with Crippen LogP contribution in [-0.2, 0) is 0 Å². The fraction of sp³-hybridized carbons (Fsp3) is 0.333. The Morgan fingerprint density at radius 3 is 2.44 bits per heavy atom. The van der Waals surface area contributed by atoms with E-state index in [-0.39, 0.29) is 11.1 Å². The van der Waals surface area contributed by atoms with E-state index < -0.39 is 5.97 Å². The lowest BCUT2D eigenvalue weighted by Crippen LogP contribution is -1.98. The molecule has 0 atom stereocenters. The zero-order valence-electron chi connectivity index (χ0n) is 9.31. The fourth-order valence-electron chi connectivity index (χ4n) is 0.971. The number of carboxylic acid groups (broad SMARTS) is 1. The number of benzene rings is 1. The van der Waals surface area contributed by atoms with Gasteiger partial charge in [0.25, 0.3) is 0 Å². The van der Waals surface area contributed by atoms with Gasteiger partial charge in [0.05, 0.1) is 11.1 Å². The molecule has 0 unspecified atom stereocenters. The van der Waals surface area contributed by atoms with Gasteiger partial charge < -0.3 is 10.8 Å². The number of unbranched alkanes of at least 4 members (excludes halogenated alkanes) is 1. The molecule has 0 fully saturated rings. The van der Waals surface area contributed by atoms with E-state index in [0.717, 1.165) is 6.54 Å². The Balaban J connectivity index is 0.000000385. The number of nitrogens with zero attached hydrogens (tertiary/aromatic N) is 1. The molecule has 0 radical (unpaired) electrons. The van der Waals surface area contributed by atoms with Crippen LogP contribution in [0.25, 0.3) is 0 Å². The average Bonchev–Trinajstić information content (AvgIpc) is 2.31. The predicted molar refractivity (Wildman–Crippen MR) is 62.1 cm³/mol. The molecule has 0 amide bonds. The number of aromatic carboxylic acids is 1. The van der Waals surface area contributed by atoms with E-state index in [1.165, 1.54) is 25.0 Å². The van der Waals surface area contributed by atoms with Crippen molar-refractivity contribution in [2.24, 2.45) is 5.73 Å². The van der Waals surface area contributed by atoms with E-state index in [0.29, 0.717) is 0 Å². The first-order valence-corrected chi connectivity index (χ1v) is 5.09. The van der Waals surface area contributed by atoms with Crippen molar-refractivity contribution in [2.75, 3.05) is 6.54 Å². The van der Waals surface area contributed by atoms with Gasteiger partial charge in [-0.1, -0.05) is 25.5 Å². The Hall–Kier alpha value is -1.86. The number of hydrogen-bond acceptors (Lipinski definition) is 3. The second-order valence-electron chi connectivity index (χ2n) is 3.10. The number of carboxylic acids is 1. The predicted octanol–water partition coefficient (Wildman–Crippen LogP) is 2.00. The Kier molecular flexibility index (Phi) is 7.47. The summed E-state index contributed by atoms with van der Waals surface area (Å²) in [6.07, 6.45) is 2.39. The molecular weight excluding hydrogens is 204 g/mol. The third-order valence-electron chi connectivity index (χ3n) is 1.84. The largest absolute Gasteiger partial charge is 0.478 e. The lowest BCUT2D eigenvalue weighted by Gasteiger charge is -1.94. The maximum Gasteiger partial charge on any atom is 0.337 e. The highest BCUT2D eigenvalue weighted by Gasteiger charge is 2.06. The van der Waals surface area contributed by atoms with Crippen LogP contribution < -0.4 is 5.73 Å². The lowest BCUT2D eigenvalue weighted by molar-refractivity contribution is 0.0696. The Labute approximate surface area is 95.3 Å². The second kappa shape index (κ2) is 8.45. The SMILES string of the molecule is CCCCN.N#Cc1ccccc1C(=O)O. The van der Waals surface area contributed by atoms with E-state index in [2.05, 4.69) is 6.92 Å². The normalized spacial score (nSPS) is 8.56. The molecule has 0 aliphatic heterocycles. The molecule has 0 aliphatic carbocycles. The summed E-state index contributed by atoms with van der Waals surface area (Å²) in [5, 5.41) is 17.0. The van der Waals surface area contributed by atoms with Crippen LogP contribution in [0.5, 0.6) is 0 Å². The van der Waals surface area contributed by atoms with Crippen molar-refractivity contribution in [1.82, 2.24) is 0 Å². The molecule has 0 spiro atoms. The maximum atomic E-state index is 10.4. The molecule has 0 bridgehead atoms. The summed E-state index contributed by atoms with van der Waals surface area (Å²) in [6.45, 7) is 2.98. The van der Waals surface area contributed by atoms with Crippen LogP contribution in [0.15, 0.2) is 24.3 Å².